The second-order valence-electron chi connectivity index (χ2n) is 8.51. The molecule has 3 rings (SSSR count). The third-order valence-electron chi connectivity index (χ3n) is 6.88. The minimum atomic E-state index is -0.117. The molecule has 3 aliphatic carbocycles. The maximum atomic E-state index is 7.02. The van der Waals surface area contributed by atoms with Crippen molar-refractivity contribution < 1.29 is 0 Å². The molecule has 0 saturated heterocycles. The summed E-state index contributed by atoms with van der Waals surface area (Å²) in [5.41, 5.74) is 17.5. The number of hydrogen-bond acceptors (Lipinski definition) is 2. The van der Waals surface area contributed by atoms with E-state index in [0.29, 0.717) is 11.8 Å². The van der Waals surface area contributed by atoms with Gasteiger partial charge in [-0.05, 0) is 61.5 Å². The Morgan fingerprint density at radius 2 is 1.62 bits per heavy atom. The van der Waals surface area contributed by atoms with Crippen molar-refractivity contribution in [2.75, 3.05) is 0 Å². The fourth-order valence-corrected chi connectivity index (χ4v) is 5.48. The van der Waals surface area contributed by atoms with E-state index in [9.17, 15) is 0 Å². The molecule has 0 bridgehead atoms. The van der Waals surface area contributed by atoms with Crippen molar-refractivity contribution in [1.82, 2.24) is 0 Å². The Balaban J connectivity index is 2.13. The molecule has 0 aliphatic heterocycles. The molecule has 0 radical (unpaired) electrons. The standard InChI is InChI=1S/C24H38N2/c1-3-5-11-19-17-24(16-6-4-2,20-14-9-10-15-20)23(26)21(22(19)25)18-12-7-8-13-18/h5-6,11,16-18,20,22H,3-4,7-10,12-15,25-26H2,1-2H3/b11-5+,16-6+. The monoisotopic (exact) mass is 354 g/mol. The fraction of sp³-hybridized carbons (Fsp3) is 0.667. The van der Waals surface area contributed by atoms with Crippen LogP contribution in [0.4, 0.5) is 0 Å². The zero-order chi connectivity index (χ0) is 18.6. The molecule has 2 saturated carbocycles. The van der Waals surface area contributed by atoms with Crippen molar-refractivity contribution in [2.24, 2.45) is 28.7 Å². The van der Waals surface area contributed by atoms with Gasteiger partial charge in [0.05, 0.1) is 6.04 Å². The molecular weight excluding hydrogens is 316 g/mol. The molecule has 0 amide bonds. The van der Waals surface area contributed by atoms with Crippen LogP contribution in [0, 0.1) is 17.3 Å². The Kier molecular flexibility index (Phi) is 6.45. The first-order valence-corrected chi connectivity index (χ1v) is 11.0. The minimum absolute atomic E-state index is 0.0227. The summed E-state index contributed by atoms with van der Waals surface area (Å²) in [6.07, 6.45) is 24.2. The summed E-state index contributed by atoms with van der Waals surface area (Å²) >= 11 is 0. The van der Waals surface area contributed by atoms with Crippen LogP contribution in [0.2, 0.25) is 0 Å². The van der Waals surface area contributed by atoms with Crippen molar-refractivity contribution in [2.45, 2.75) is 84.1 Å². The van der Waals surface area contributed by atoms with Gasteiger partial charge in [0.15, 0.2) is 0 Å². The molecule has 3 aliphatic rings. The maximum absolute atomic E-state index is 7.02. The lowest BCUT2D eigenvalue weighted by Gasteiger charge is -2.43. The summed E-state index contributed by atoms with van der Waals surface area (Å²) in [7, 11) is 0. The molecule has 0 heterocycles. The fourth-order valence-electron chi connectivity index (χ4n) is 5.48. The van der Waals surface area contributed by atoms with Gasteiger partial charge in [-0.15, -0.1) is 0 Å². The lowest BCUT2D eigenvalue weighted by molar-refractivity contribution is 0.333. The van der Waals surface area contributed by atoms with Crippen LogP contribution in [-0.4, -0.2) is 6.04 Å². The van der Waals surface area contributed by atoms with E-state index in [-0.39, 0.29) is 11.5 Å². The predicted octanol–water partition coefficient (Wildman–Crippen LogP) is 5.77. The van der Waals surface area contributed by atoms with Gasteiger partial charge in [0.2, 0.25) is 0 Å². The highest BCUT2D eigenvalue weighted by Crippen LogP contribution is 2.52. The minimum Gasteiger partial charge on any atom is -0.401 e. The molecular formula is C24H38N2. The molecule has 2 heteroatoms. The van der Waals surface area contributed by atoms with Crippen molar-refractivity contribution in [3.8, 4) is 0 Å². The van der Waals surface area contributed by atoms with Gasteiger partial charge in [-0.1, -0.05) is 69.9 Å². The average Bonchev–Trinajstić information content (AvgIpc) is 3.35. The smallest absolute Gasteiger partial charge is 0.0531 e. The molecule has 0 aromatic heterocycles. The highest BCUT2D eigenvalue weighted by atomic mass is 14.7. The molecule has 0 aromatic carbocycles. The van der Waals surface area contributed by atoms with Gasteiger partial charge in [0, 0.05) is 11.1 Å². The maximum Gasteiger partial charge on any atom is 0.0531 e. The van der Waals surface area contributed by atoms with Gasteiger partial charge in [0.25, 0.3) is 0 Å². The highest BCUT2D eigenvalue weighted by Gasteiger charge is 2.45. The Hall–Kier alpha value is -1.28. The second-order valence-corrected chi connectivity index (χ2v) is 8.51. The van der Waals surface area contributed by atoms with Crippen molar-refractivity contribution in [3.05, 3.63) is 47.2 Å². The van der Waals surface area contributed by atoms with Crippen LogP contribution < -0.4 is 11.5 Å². The van der Waals surface area contributed by atoms with E-state index in [1.54, 1.807) is 0 Å². The summed E-state index contributed by atoms with van der Waals surface area (Å²) in [5.74, 6) is 1.21. The van der Waals surface area contributed by atoms with Crippen LogP contribution in [0.3, 0.4) is 0 Å². The van der Waals surface area contributed by atoms with Crippen molar-refractivity contribution in [1.29, 1.82) is 0 Å². The number of nitrogens with two attached hydrogens (primary N) is 2. The third-order valence-corrected chi connectivity index (χ3v) is 6.88. The number of hydrogen-bond donors (Lipinski definition) is 2. The summed E-state index contributed by atoms with van der Waals surface area (Å²) in [5, 5.41) is 0. The Bertz CT molecular complexity index is 598. The van der Waals surface area contributed by atoms with Crippen LogP contribution >= 0.6 is 0 Å². The first-order valence-electron chi connectivity index (χ1n) is 11.0. The quantitative estimate of drug-likeness (QED) is 0.595. The third kappa shape index (κ3) is 3.58. The molecule has 144 valence electrons. The topological polar surface area (TPSA) is 52.0 Å². The molecule has 2 fully saturated rings. The number of rotatable bonds is 6. The lowest BCUT2D eigenvalue weighted by atomic mass is 9.63. The van der Waals surface area contributed by atoms with Gasteiger partial charge in [-0.2, -0.15) is 0 Å². The predicted molar refractivity (Wildman–Crippen MR) is 112 cm³/mol. The van der Waals surface area contributed by atoms with E-state index in [4.69, 9.17) is 11.5 Å². The molecule has 2 unspecified atom stereocenters. The van der Waals surface area contributed by atoms with Crippen LogP contribution in [-0.2, 0) is 0 Å². The van der Waals surface area contributed by atoms with Crippen LogP contribution in [0.15, 0.2) is 47.2 Å². The lowest BCUT2D eigenvalue weighted by Crippen LogP contribution is -2.43. The van der Waals surface area contributed by atoms with Gasteiger partial charge >= 0.3 is 0 Å². The Labute approximate surface area is 160 Å². The van der Waals surface area contributed by atoms with E-state index in [0.717, 1.165) is 18.5 Å². The zero-order valence-electron chi connectivity index (χ0n) is 16.8. The van der Waals surface area contributed by atoms with E-state index >= 15 is 0 Å². The van der Waals surface area contributed by atoms with Crippen LogP contribution in [0.1, 0.15) is 78.1 Å². The average molecular weight is 355 g/mol. The molecule has 0 aromatic rings. The molecule has 26 heavy (non-hydrogen) atoms. The zero-order valence-corrected chi connectivity index (χ0v) is 16.8. The summed E-state index contributed by atoms with van der Waals surface area (Å²) in [6, 6.07) is -0.0227. The normalized spacial score (nSPS) is 31.7. The van der Waals surface area contributed by atoms with E-state index in [1.807, 2.05) is 0 Å². The van der Waals surface area contributed by atoms with Crippen LogP contribution in [0.25, 0.3) is 0 Å². The summed E-state index contributed by atoms with van der Waals surface area (Å²) < 4.78 is 0. The SMILES string of the molecule is CC/C=C/C1=CC(/C=C/CC)(C2CCCC2)C(N)=C(C2CCCC2)C1N. The van der Waals surface area contributed by atoms with Crippen molar-refractivity contribution in [3.63, 3.8) is 0 Å². The first kappa shape index (κ1) is 19.5. The van der Waals surface area contributed by atoms with E-state index in [1.165, 1.54) is 62.5 Å². The van der Waals surface area contributed by atoms with Gasteiger partial charge < -0.3 is 11.5 Å². The van der Waals surface area contributed by atoms with Gasteiger partial charge in [-0.3, -0.25) is 0 Å². The van der Waals surface area contributed by atoms with Crippen molar-refractivity contribution >= 4 is 0 Å². The molecule has 4 N–H and O–H groups in total. The number of allylic oxidation sites excluding steroid dienone is 3. The van der Waals surface area contributed by atoms with Gasteiger partial charge in [0.1, 0.15) is 0 Å². The first-order chi connectivity index (χ1) is 12.6. The molecule has 2 nitrogen and oxygen atoms in total. The summed E-state index contributed by atoms with van der Waals surface area (Å²) in [4.78, 5) is 0. The van der Waals surface area contributed by atoms with Gasteiger partial charge in [-0.25, -0.2) is 0 Å². The Morgan fingerprint density at radius 3 is 2.23 bits per heavy atom. The van der Waals surface area contributed by atoms with E-state index < -0.39 is 0 Å². The Morgan fingerprint density at radius 1 is 1.00 bits per heavy atom. The second kappa shape index (κ2) is 8.61. The highest BCUT2D eigenvalue weighted by molar-refractivity contribution is 5.49. The van der Waals surface area contributed by atoms with Crippen LogP contribution in [0.5, 0.6) is 0 Å². The largest absolute Gasteiger partial charge is 0.401 e. The molecule has 0 spiro atoms. The van der Waals surface area contributed by atoms with E-state index in [2.05, 4.69) is 44.2 Å². The molecule has 2 atom stereocenters. The summed E-state index contributed by atoms with van der Waals surface area (Å²) in [6.45, 7) is 4.40.